The lowest BCUT2D eigenvalue weighted by molar-refractivity contribution is 0.429. The molecule has 5 heteroatoms. The molecule has 1 aliphatic rings. The fourth-order valence-electron chi connectivity index (χ4n) is 1.23. The molecule has 2 heterocycles. The van der Waals surface area contributed by atoms with Crippen LogP contribution in [0.2, 0.25) is 0 Å². The van der Waals surface area contributed by atoms with Gasteiger partial charge in [-0.05, 0) is 19.4 Å². The Bertz CT molecular complexity index is 196. The van der Waals surface area contributed by atoms with Crippen molar-refractivity contribution in [1.82, 2.24) is 15.5 Å². The third-order valence-corrected chi connectivity index (χ3v) is 1.74. The van der Waals surface area contributed by atoms with Crippen LogP contribution in [0.4, 0.5) is 0 Å². The van der Waals surface area contributed by atoms with Crippen LogP contribution in [0.3, 0.4) is 0 Å². The Hall–Kier alpha value is -0.610. The van der Waals surface area contributed by atoms with Crippen LogP contribution in [0, 0.1) is 0 Å². The molecule has 0 unspecified atom stereocenters. The lowest BCUT2D eigenvalue weighted by Crippen LogP contribution is -2.12. The van der Waals surface area contributed by atoms with Crippen LogP contribution in [-0.2, 0) is 0 Å². The lowest BCUT2D eigenvalue weighted by Gasteiger charge is -2.01. The zero-order valence-electron chi connectivity index (χ0n) is 5.99. The minimum absolute atomic E-state index is 0. The molecule has 1 fully saturated rings. The van der Waals surface area contributed by atoms with E-state index >= 15 is 0 Å². The van der Waals surface area contributed by atoms with Gasteiger partial charge in [-0.3, -0.25) is 0 Å². The van der Waals surface area contributed by atoms with Crippen molar-refractivity contribution in [1.29, 1.82) is 0 Å². The SMILES string of the molecule is Cl.c1nnc([C@@H]2CCCN2)o1. The second-order valence-electron chi connectivity index (χ2n) is 2.43. The van der Waals surface area contributed by atoms with Crippen molar-refractivity contribution >= 4 is 12.4 Å². The van der Waals surface area contributed by atoms with Crippen molar-refractivity contribution < 1.29 is 4.42 Å². The Morgan fingerprint density at radius 3 is 3.09 bits per heavy atom. The summed E-state index contributed by atoms with van der Waals surface area (Å²) in [4.78, 5) is 0. The van der Waals surface area contributed by atoms with Gasteiger partial charge in [-0.25, -0.2) is 0 Å². The maximum Gasteiger partial charge on any atom is 0.233 e. The molecule has 62 valence electrons. The van der Waals surface area contributed by atoms with Crippen molar-refractivity contribution in [2.45, 2.75) is 18.9 Å². The van der Waals surface area contributed by atoms with Crippen molar-refractivity contribution in [3.63, 3.8) is 0 Å². The first-order valence-electron chi connectivity index (χ1n) is 3.46. The highest BCUT2D eigenvalue weighted by Crippen LogP contribution is 2.19. The quantitative estimate of drug-likeness (QED) is 0.690. The highest BCUT2D eigenvalue weighted by atomic mass is 35.5. The Labute approximate surface area is 70.8 Å². The third kappa shape index (κ3) is 1.70. The molecule has 1 saturated heterocycles. The number of nitrogens with zero attached hydrogens (tertiary/aromatic N) is 2. The van der Waals surface area contributed by atoms with E-state index in [1.807, 2.05) is 0 Å². The summed E-state index contributed by atoms with van der Waals surface area (Å²) in [7, 11) is 0. The lowest BCUT2D eigenvalue weighted by atomic mass is 10.2. The molecular weight excluding hydrogens is 166 g/mol. The molecule has 0 bridgehead atoms. The Morgan fingerprint density at radius 2 is 2.55 bits per heavy atom. The first-order valence-corrected chi connectivity index (χ1v) is 3.46. The van der Waals surface area contributed by atoms with Crippen LogP contribution in [0.15, 0.2) is 10.8 Å². The highest BCUT2D eigenvalue weighted by Gasteiger charge is 2.19. The standard InChI is InChI=1S/C6H9N3O.ClH/c1-2-5(7-3-1)6-9-8-4-10-6;/h4-5,7H,1-3H2;1H/t5-;/m0./s1. The summed E-state index contributed by atoms with van der Waals surface area (Å²) in [5, 5.41) is 10.7. The number of halogens is 1. The van der Waals surface area contributed by atoms with Gasteiger partial charge in [0.15, 0.2) is 0 Å². The van der Waals surface area contributed by atoms with Crippen molar-refractivity contribution in [3.05, 3.63) is 12.3 Å². The fourth-order valence-corrected chi connectivity index (χ4v) is 1.23. The second kappa shape index (κ2) is 3.69. The number of aromatic nitrogens is 2. The molecule has 0 aliphatic carbocycles. The summed E-state index contributed by atoms with van der Waals surface area (Å²) in [6.45, 7) is 1.06. The molecule has 1 aromatic heterocycles. The summed E-state index contributed by atoms with van der Waals surface area (Å²) in [6.07, 6.45) is 3.69. The Morgan fingerprint density at radius 1 is 1.64 bits per heavy atom. The van der Waals surface area contributed by atoms with E-state index < -0.39 is 0 Å². The number of hydrogen-bond donors (Lipinski definition) is 1. The van der Waals surface area contributed by atoms with Crippen LogP contribution >= 0.6 is 12.4 Å². The van der Waals surface area contributed by atoms with E-state index in [-0.39, 0.29) is 12.4 Å². The van der Waals surface area contributed by atoms with E-state index in [2.05, 4.69) is 15.5 Å². The smallest absolute Gasteiger partial charge is 0.233 e. The molecule has 1 aromatic rings. The molecule has 0 aromatic carbocycles. The first-order chi connectivity index (χ1) is 4.97. The molecule has 0 saturated carbocycles. The number of rotatable bonds is 1. The molecule has 1 N–H and O–H groups in total. The minimum Gasteiger partial charge on any atom is -0.426 e. The topological polar surface area (TPSA) is 51.0 Å². The molecular formula is C6H10ClN3O. The van der Waals surface area contributed by atoms with Gasteiger partial charge < -0.3 is 9.73 Å². The van der Waals surface area contributed by atoms with Gasteiger partial charge in [0.25, 0.3) is 0 Å². The van der Waals surface area contributed by atoms with E-state index in [1.54, 1.807) is 0 Å². The molecule has 0 spiro atoms. The summed E-state index contributed by atoms with van der Waals surface area (Å²) in [6, 6.07) is 0.308. The molecule has 1 atom stereocenters. The van der Waals surface area contributed by atoms with Gasteiger partial charge in [0.1, 0.15) is 0 Å². The normalized spacial score (nSPS) is 23.1. The van der Waals surface area contributed by atoms with E-state index in [0.717, 1.165) is 18.9 Å². The van der Waals surface area contributed by atoms with Crippen molar-refractivity contribution in [2.75, 3.05) is 6.54 Å². The van der Waals surface area contributed by atoms with Gasteiger partial charge in [-0.15, -0.1) is 22.6 Å². The van der Waals surface area contributed by atoms with Gasteiger partial charge in [0.2, 0.25) is 12.3 Å². The van der Waals surface area contributed by atoms with E-state index in [0.29, 0.717) is 6.04 Å². The Kier molecular flexibility index (Phi) is 2.84. The molecule has 0 amide bonds. The van der Waals surface area contributed by atoms with Crippen LogP contribution in [0.1, 0.15) is 24.8 Å². The molecule has 4 nitrogen and oxygen atoms in total. The van der Waals surface area contributed by atoms with Gasteiger partial charge in [-0.1, -0.05) is 0 Å². The zero-order valence-corrected chi connectivity index (χ0v) is 6.80. The number of nitrogens with one attached hydrogen (secondary N) is 1. The van der Waals surface area contributed by atoms with Crippen LogP contribution in [0.25, 0.3) is 0 Å². The maximum atomic E-state index is 5.03. The average molecular weight is 176 g/mol. The van der Waals surface area contributed by atoms with Gasteiger partial charge in [0.05, 0.1) is 6.04 Å². The molecule has 0 radical (unpaired) electrons. The summed E-state index contributed by atoms with van der Waals surface area (Å²) in [5.74, 6) is 0.720. The summed E-state index contributed by atoms with van der Waals surface area (Å²) in [5.41, 5.74) is 0. The summed E-state index contributed by atoms with van der Waals surface area (Å²) < 4.78 is 5.03. The zero-order chi connectivity index (χ0) is 6.81. The van der Waals surface area contributed by atoms with Crippen LogP contribution in [0.5, 0.6) is 0 Å². The number of hydrogen-bond acceptors (Lipinski definition) is 4. The van der Waals surface area contributed by atoms with Gasteiger partial charge in [0, 0.05) is 0 Å². The molecule has 2 rings (SSSR count). The predicted octanol–water partition coefficient (Wildman–Crippen LogP) is 0.916. The largest absolute Gasteiger partial charge is 0.426 e. The van der Waals surface area contributed by atoms with E-state index in [4.69, 9.17) is 4.42 Å². The van der Waals surface area contributed by atoms with Gasteiger partial charge in [-0.2, -0.15) is 0 Å². The fraction of sp³-hybridized carbons (Fsp3) is 0.667. The minimum atomic E-state index is 0. The van der Waals surface area contributed by atoms with Crippen LogP contribution in [-0.4, -0.2) is 16.7 Å². The third-order valence-electron chi connectivity index (χ3n) is 1.74. The summed E-state index contributed by atoms with van der Waals surface area (Å²) >= 11 is 0. The average Bonchev–Trinajstić information content (AvgIpc) is 2.59. The van der Waals surface area contributed by atoms with Crippen molar-refractivity contribution in [3.8, 4) is 0 Å². The monoisotopic (exact) mass is 175 g/mol. The highest BCUT2D eigenvalue weighted by molar-refractivity contribution is 5.85. The second-order valence-corrected chi connectivity index (χ2v) is 2.43. The Balaban J connectivity index is 0.000000605. The van der Waals surface area contributed by atoms with Gasteiger partial charge >= 0.3 is 0 Å². The molecule has 1 aliphatic heterocycles. The van der Waals surface area contributed by atoms with E-state index in [1.165, 1.54) is 12.8 Å². The molecule has 11 heavy (non-hydrogen) atoms. The first kappa shape index (κ1) is 8.49. The maximum absolute atomic E-state index is 5.03. The van der Waals surface area contributed by atoms with Crippen molar-refractivity contribution in [2.24, 2.45) is 0 Å². The van der Waals surface area contributed by atoms with E-state index in [9.17, 15) is 0 Å². The predicted molar refractivity (Wildman–Crippen MR) is 41.5 cm³/mol. The van der Waals surface area contributed by atoms with Crippen LogP contribution < -0.4 is 5.32 Å².